The van der Waals surface area contributed by atoms with Gasteiger partial charge in [-0.2, -0.15) is 0 Å². The molecule has 1 amide bonds. The molecule has 0 aromatic rings. The lowest BCUT2D eigenvalue weighted by atomic mass is 10.0. The van der Waals surface area contributed by atoms with Crippen molar-refractivity contribution in [1.82, 2.24) is 5.32 Å². The Bertz CT molecular complexity index is 1200. The highest BCUT2D eigenvalue weighted by Gasteiger charge is 2.24. The van der Waals surface area contributed by atoms with Crippen molar-refractivity contribution in [2.75, 3.05) is 6.61 Å². The summed E-state index contributed by atoms with van der Waals surface area (Å²) in [7, 11) is 0. The number of aliphatic hydroxyl groups is 2. The van der Waals surface area contributed by atoms with Crippen molar-refractivity contribution in [1.29, 1.82) is 0 Å². The molecule has 0 spiro atoms. The molecule has 0 heterocycles. The van der Waals surface area contributed by atoms with Crippen LogP contribution in [0.5, 0.6) is 0 Å². The van der Waals surface area contributed by atoms with Crippen LogP contribution in [0.2, 0.25) is 0 Å². The van der Waals surface area contributed by atoms with Crippen LogP contribution < -0.4 is 5.32 Å². The topological polar surface area (TPSA) is 95.9 Å². The summed E-state index contributed by atoms with van der Waals surface area (Å²) in [6.07, 6.45) is 66.8. The average Bonchev–Trinajstić information content (AvgIpc) is 3.30. The minimum atomic E-state index is -0.804. The fourth-order valence-corrected chi connectivity index (χ4v) is 8.22. The molecule has 0 bridgehead atoms. The van der Waals surface area contributed by atoms with Gasteiger partial charge in [0.1, 0.15) is 6.10 Å². The average molecular weight is 908 g/mol. The number of aliphatic hydroxyl groups excluding tert-OH is 2. The first kappa shape index (κ1) is 62.3. The molecule has 6 heteroatoms. The number of allylic oxidation sites excluding steroid dienone is 12. The number of rotatable bonds is 49. The first-order valence-electron chi connectivity index (χ1n) is 27.7. The quantitative estimate of drug-likeness (QED) is 0.0245. The molecule has 0 saturated carbocycles. The third-order valence-electron chi connectivity index (χ3n) is 12.4. The number of carbonyl (C=O) groups excluding carboxylic acids is 2. The summed E-state index contributed by atoms with van der Waals surface area (Å²) in [5.74, 6) is -0.563. The number of hydrogen-bond acceptors (Lipinski definition) is 5. The van der Waals surface area contributed by atoms with E-state index in [9.17, 15) is 19.8 Å². The van der Waals surface area contributed by atoms with Gasteiger partial charge >= 0.3 is 5.97 Å². The monoisotopic (exact) mass is 908 g/mol. The van der Waals surface area contributed by atoms with E-state index >= 15 is 0 Å². The number of ether oxygens (including phenoxy) is 1. The second kappa shape index (κ2) is 52.3. The molecule has 0 fully saturated rings. The van der Waals surface area contributed by atoms with E-state index in [0.717, 1.165) is 51.4 Å². The number of amides is 1. The van der Waals surface area contributed by atoms with E-state index in [1.54, 1.807) is 0 Å². The standard InChI is InChI=1S/C59H105NO5/c1-4-7-10-13-16-19-22-25-27-29-30-33-35-38-41-44-47-50-55(65-59(64)52-49-46-43-40-37-32-24-21-18-15-12-9-6-3)53-58(63)60-56(54-61)57(62)51-48-45-42-39-36-34-31-28-26-23-20-17-14-11-8-5-2/h9,12,15,18,21,24-25,27,32,37,40,43,55-57,61-62H,4-8,10-11,13-14,16-17,19-20,22-23,26,28-31,33-36,38-39,41-42,44-54H2,1-3H3,(H,60,63)/b12-9+,18-15+,24-21-,27-25+,37-32-,43-40+. The summed E-state index contributed by atoms with van der Waals surface area (Å²) in [6.45, 7) is 6.34. The Labute approximate surface area is 402 Å². The fourth-order valence-electron chi connectivity index (χ4n) is 8.22. The molecule has 0 rings (SSSR count). The Morgan fingerprint density at radius 2 is 0.846 bits per heavy atom. The molecule has 376 valence electrons. The lowest BCUT2D eigenvalue weighted by Crippen LogP contribution is -2.46. The number of esters is 1. The summed E-state index contributed by atoms with van der Waals surface area (Å²) < 4.78 is 5.91. The number of unbranched alkanes of at least 4 members (excludes halogenated alkanes) is 29. The summed E-state index contributed by atoms with van der Waals surface area (Å²) in [4.78, 5) is 26.2. The molecule has 0 aromatic heterocycles. The maximum Gasteiger partial charge on any atom is 0.306 e. The smallest absolute Gasteiger partial charge is 0.306 e. The van der Waals surface area contributed by atoms with Gasteiger partial charge in [-0.25, -0.2) is 0 Å². The van der Waals surface area contributed by atoms with Gasteiger partial charge in [0, 0.05) is 6.42 Å². The Morgan fingerprint density at radius 1 is 0.462 bits per heavy atom. The van der Waals surface area contributed by atoms with E-state index in [2.05, 4.69) is 50.4 Å². The van der Waals surface area contributed by atoms with Gasteiger partial charge < -0.3 is 20.3 Å². The summed E-state index contributed by atoms with van der Waals surface area (Å²) in [5, 5.41) is 23.8. The van der Waals surface area contributed by atoms with Gasteiger partial charge in [0.05, 0.1) is 25.2 Å². The van der Waals surface area contributed by atoms with E-state index in [0.29, 0.717) is 25.7 Å². The van der Waals surface area contributed by atoms with Crippen LogP contribution in [0.15, 0.2) is 72.9 Å². The van der Waals surface area contributed by atoms with Crippen LogP contribution in [0, 0.1) is 0 Å². The van der Waals surface area contributed by atoms with Crippen LogP contribution in [0.4, 0.5) is 0 Å². The predicted octanol–water partition coefficient (Wildman–Crippen LogP) is 17.0. The Morgan fingerprint density at radius 3 is 1.29 bits per heavy atom. The number of carbonyl (C=O) groups is 2. The summed E-state index contributed by atoms with van der Waals surface area (Å²) in [5.41, 5.74) is 0. The first-order chi connectivity index (χ1) is 32.0. The van der Waals surface area contributed by atoms with Crippen molar-refractivity contribution < 1.29 is 24.5 Å². The van der Waals surface area contributed by atoms with Crippen molar-refractivity contribution in [2.45, 2.75) is 283 Å². The Kier molecular flexibility index (Phi) is 50.1. The zero-order chi connectivity index (χ0) is 47.4. The Balaban J connectivity index is 4.63. The SMILES string of the molecule is CC/C=C/C=C/C=C\C=C/C=C/CCCC(=O)OC(CCCCCCCCC/C=C/CCCCCCCC)CC(=O)NC(CO)C(O)CCCCCCCCCCCCCCCCCC. The van der Waals surface area contributed by atoms with Crippen molar-refractivity contribution in [2.24, 2.45) is 0 Å². The second-order valence-electron chi connectivity index (χ2n) is 18.7. The zero-order valence-electron chi connectivity index (χ0n) is 42.9. The van der Waals surface area contributed by atoms with Crippen LogP contribution >= 0.6 is 0 Å². The highest BCUT2D eigenvalue weighted by Crippen LogP contribution is 2.18. The molecule has 0 aliphatic carbocycles. The largest absolute Gasteiger partial charge is 0.462 e. The Hall–Kier alpha value is -2.70. The van der Waals surface area contributed by atoms with Crippen molar-refractivity contribution >= 4 is 11.9 Å². The van der Waals surface area contributed by atoms with E-state index in [-0.39, 0.29) is 24.9 Å². The van der Waals surface area contributed by atoms with E-state index in [4.69, 9.17) is 4.74 Å². The van der Waals surface area contributed by atoms with Gasteiger partial charge in [-0.3, -0.25) is 9.59 Å². The highest BCUT2D eigenvalue weighted by molar-refractivity contribution is 5.77. The summed E-state index contributed by atoms with van der Waals surface area (Å²) >= 11 is 0. The van der Waals surface area contributed by atoms with Crippen LogP contribution in [0.25, 0.3) is 0 Å². The molecule has 0 saturated heterocycles. The molecule has 65 heavy (non-hydrogen) atoms. The normalized spacial score (nSPS) is 13.7. The molecule has 0 aliphatic rings. The van der Waals surface area contributed by atoms with Gasteiger partial charge in [-0.15, -0.1) is 0 Å². The number of nitrogens with one attached hydrogen (secondary N) is 1. The molecule has 3 atom stereocenters. The third kappa shape index (κ3) is 47.6. The van der Waals surface area contributed by atoms with Crippen LogP contribution in [0.3, 0.4) is 0 Å². The van der Waals surface area contributed by atoms with E-state index in [1.807, 2.05) is 48.6 Å². The maximum atomic E-state index is 13.2. The first-order valence-corrected chi connectivity index (χ1v) is 27.7. The van der Waals surface area contributed by atoms with Gasteiger partial charge in [-0.05, 0) is 64.2 Å². The lowest BCUT2D eigenvalue weighted by Gasteiger charge is -2.24. The predicted molar refractivity (Wildman–Crippen MR) is 282 cm³/mol. The van der Waals surface area contributed by atoms with Crippen molar-refractivity contribution in [3.8, 4) is 0 Å². The van der Waals surface area contributed by atoms with Crippen molar-refractivity contribution in [3.63, 3.8) is 0 Å². The minimum absolute atomic E-state index is 0.0443. The minimum Gasteiger partial charge on any atom is -0.462 e. The third-order valence-corrected chi connectivity index (χ3v) is 12.4. The molecule has 3 unspecified atom stereocenters. The fraction of sp³-hybridized carbons (Fsp3) is 0.763. The van der Waals surface area contributed by atoms with Gasteiger partial charge in [0.2, 0.25) is 5.91 Å². The molecule has 0 aliphatic heterocycles. The molecule has 0 radical (unpaired) electrons. The summed E-state index contributed by atoms with van der Waals surface area (Å²) in [6, 6.07) is -0.721. The molecule has 6 nitrogen and oxygen atoms in total. The van der Waals surface area contributed by atoms with Crippen molar-refractivity contribution in [3.05, 3.63) is 72.9 Å². The number of hydrogen-bond donors (Lipinski definition) is 3. The van der Waals surface area contributed by atoms with Gasteiger partial charge in [0.15, 0.2) is 0 Å². The van der Waals surface area contributed by atoms with Crippen LogP contribution in [0.1, 0.15) is 265 Å². The van der Waals surface area contributed by atoms with E-state index < -0.39 is 18.2 Å². The van der Waals surface area contributed by atoms with Gasteiger partial charge in [0.25, 0.3) is 0 Å². The van der Waals surface area contributed by atoms with Crippen LogP contribution in [-0.2, 0) is 14.3 Å². The highest BCUT2D eigenvalue weighted by atomic mass is 16.5. The second-order valence-corrected chi connectivity index (χ2v) is 18.7. The maximum absolute atomic E-state index is 13.2. The molecular weight excluding hydrogens is 803 g/mol. The lowest BCUT2D eigenvalue weighted by molar-refractivity contribution is -0.151. The van der Waals surface area contributed by atoms with E-state index in [1.165, 1.54) is 161 Å². The van der Waals surface area contributed by atoms with Crippen LogP contribution in [-0.4, -0.2) is 46.9 Å². The molecule has 0 aromatic carbocycles. The zero-order valence-corrected chi connectivity index (χ0v) is 42.9. The molecular formula is C59H105NO5. The molecule has 3 N–H and O–H groups in total. The van der Waals surface area contributed by atoms with Gasteiger partial charge in [-0.1, -0.05) is 261 Å².